The van der Waals surface area contributed by atoms with Crippen molar-refractivity contribution in [3.63, 3.8) is 0 Å². The van der Waals surface area contributed by atoms with Crippen molar-refractivity contribution in [3.05, 3.63) is 158 Å². The molecule has 4 aliphatic rings. The van der Waals surface area contributed by atoms with Gasteiger partial charge in [-0.3, -0.25) is 0 Å². The van der Waals surface area contributed by atoms with Crippen LogP contribution in [0, 0.1) is 61.2 Å². The summed E-state index contributed by atoms with van der Waals surface area (Å²) in [7, 11) is 9.87. The number of unbranched alkanes of at least 4 members (excludes halogenated alkanes) is 5. The van der Waals surface area contributed by atoms with Gasteiger partial charge in [-0.15, -0.1) is 0 Å². The van der Waals surface area contributed by atoms with Crippen molar-refractivity contribution in [2.24, 2.45) is 46.3 Å². The van der Waals surface area contributed by atoms with Gasteiger partial charge in [0, 0.05) is 5.41 Å². The number of halogens is 2. The van der Waals surface area contributed by atoms with Gasteiger partial charge in [0.15, 0.2) is 0 Å². The SMILES string of the molecule is CCCCCCCCC(c1ccccc1)(C1CCCC1)C1C2C=C(c3ccccc3)C(C(C)(C)C)=CC2C2C=C(C(C)(C)C)C(c3ccccc3)=CC21.[CH3-].[CH3-].[Cl][Zr+2][Cl]. The molecular formula is C55H74Cl2Zr. The Hall–Kier alpha value is -1.92. The Morgan fingerprint density at radius 2 is 0.931 bits per heavy atom. The van der Waals surface area contributed by atoms with E-state index < -0.39 is 20.8 Å². The fourth-order valence-electron chi connectivity index (χ4n) is 11.6. The standard InChI is InChI=1S/C53H68.2CH3.2ClH.Zr/c1-8-9-10-11-12-24-33-53(41-31-22-23-32-41,40-29-20-15-21-30-40)50-46-34-42(38-25-16-13-17-26-38)48(51(2,3)4)36-44(46)45-37-49(52(5,6)7)43(35-47(45)50)39-27-18-14-19-28-39;;;;;/h13-21,25-30,34-37,41,44-47,50H,8-12,22-24,31-33H2,1-7H3;2*1H3;2*1H;/q;2*-1;;;+4/p-2. The molecule has 5 unspecified atom stereocenters. The summed E-state index contributed by atoms with van der Waals surface area (Å²) in [6.07, 6.45) is 26.2. The van der Waals surface area contributed by atoms with E-state index >= 15 is 0 Å². The van der Waals surface area contributed by atoms with Gasteiger partial charge < -0.3 is 14.9 Å². The molecule has 0 saturated heterocycles. The molecule has 3 aromatic rings. The molecule has 0 heterocycles. The summed E-state index contributed by atoms with van der Waals surface area (Å²) in [5.74, 6) is 3.13. The van der Waals surface area contributed by atoms with E-state index in [9.17, 15) is 0 Å². The summed E-state index contributed by atoms with van der Waals surface area (Å²) < 4.78 is 0. The number of hydrogen-bond acceptors (Lipinski definition) is 0. The minimum atomic E-state index is -0.826. The van der Waals surface area contributed by atoms with Crippen LogP contribution >= 0.6 is 17.0 Å². The van der Waals surface area contributed by atoms with E-state index in [1.54, 1.807) is 5.56 Å². The van der Waals surface area contributed by atoms with Gasteiger partial charge in [-0.1, -0.05) is 215 Å². The molecule has 3 aromatic carbocycles. The zero-order valence-electron chi connectivity index (χ0n) is 37.5. The van der Waals surface area contributed by atoms with E-state index in [4.69, 9.17) is 17.0 Å². The Morgan fingerprint density at radius 3 is 1.34 bits per heavy atom. The number of hydrogen-bond donors (Lipinski definition) is 0. The maximum absolute atomic E-state index is 4.93. The van der Waals surface area contributed by atoms with Gasteiger partial charge in [-0.05, 0) is 105 Å². The second-order valence-electron chi connectivity index (χ2n) is 19.4. The predicted molar refractivity (Wildman–Crippen MR) is 254 cm³/mol. The zero-order chi connectivity index (χ0) is 39.9. The quantitative estimate of drug-likeness (QED) is 0.126. The predicted octanol–water partition coefficient (Wildman–Crippen LogP) is 17.4. The first-order valence-electron chi connectivity index (χ1n) is 22.0. The molecule has 3 heteroatoms. The average Bonchev–Trinajstić information content (AvgIpc) is 3.85. The van der Waals surface area contributed by atoms with Gasteiger partial charge in [-0.25, -0.2) is 0 Å². The van der Waals surface area contributed by atoms with E-state index in [-0.39, 0.29) is 31.1 Å². The monoisotopic (exact) mass is 894 g/mol. The van der Waals surface area contributed by atoms with Crippen LogP contribution in [0.4, 0.5) is 0 Å². The van der Waals surface area contributed by atoms with Crippen LogP contribution in [0.1, 0.15) is 136 Å². The molecule has 7 rings (SSSR count). The van der Waals surface area contributed by atoms with Gasteiger partial charge in [-0.2, -0.15) is 0 Å². The molecule has 0 radical (unpaired) electrons. The first-order valence-corrected chi connectivity index (χ1v) is 28.3. The van der Waals surface area contributed by atoms with Crippen molar-refractivity contribution in [3.8, 4) is 0 Å². The van der Waals surface area contributed by atoms with Crippen LogP contribution < -0.4 is 0 Å². The summed E-state index contributed by atoms with van der Waals surface area (Å²) in [6.45, 7) is 17.0. The summed E-state index contributed by atoms with van der Waals surface area (Å²) >= 11 is -0.826. The first kappa shape index (κ1) is 48.7. The van der Waals surface area contributed by atoms with Crippen LogP contribution in [0.2, 0.25) is 0 Å². The van der Waals surface area contributed by atoms with Gasteiger partial charge >= 0.3 is 37.9 Å². The fraction of sp³-hybridized carbons (Fsp3) is 0.491. The molecule has 4 aliphatic carbocycles. The Balaban J connectivity index is 0.00000144. The van der Waals surface area contributed by atoms with Crippen LogP contribution in [0.25, 0.3) is 11.1 Å². The maximum atomic E-state index is 4.93. The fourth-order valence-corrected chi connectivity index (χ4v) is 11.6. The molecule has 0 amide bonds. The van der Waals surface area contributed by atoms with Gasteiger partial charge in [0.1, 0.15) is 0 Å². The van der Waals surface area contributed by atoms with Crippen LogP contribution in [0.3, 0.4) is 0 Å². The molecule has 0 nitrogen and oxygen atoms in total. The Bertz CT molecular complexity index is 1720. The van der Waals surface area contributed by atoms with Crippen molar-refractivity contribution < 1.29 is 20.8 Å². The van der Waals surface area contributed by atoms with Crippen LogP contribution in [-0.4, -0.2) is 0 Å². The van der Waals surface area contributed by atoms with E-state index in [1.165, 1.54) is 104 Å². The van der Waals surface area contributed by atoms with E-state index in [1.807, 2.05) is 0 Å². The number of allylic oxidation sites excluding steroid dienone is 8. The summed E-state index contributed by atoms with van der Waals surface area (Å²) in [6, 6.07) is 34.9. The van der Waals surface area contributed by atoms with Crippen molar-refractivity contribution in [1.29, 1.82) is 0 Å². The molecule has 0 aliphatic heterocycles. The van der Waals surface area contributed by atoms with E-state index in [2.05, 4.69) is 164 Å². The molecular weight excluding hydrogens is 823 g/mol. The van der Waals surface area contributed by atoms with Gasteiger partial charge in [0.05, 0.1) is 0 Å². The molecule has 0 spiro atoms. The average molecular weight is 897 g/mol. The zero-order valence-corrected chi connectivity index (χ0v) is 41.4. The third kappa shape index (κ3) is 10.6. The van der Waals surface area contributed by atoms with Crippen molar-refractivity contribution in [2.75, 3.05) is 0 Å². The van der Waals surface area contributed by atoms with Crippen molar-refractivity contribution in [2.45, 2.75) is 125 Å². The van der Waals surface area contributed by atoms with Gasteiger partial charge in [0.2, 0.25) is 0 Å². The molecule has 2 saturated carbocycles. The second kappa shape index (κ2) is 21.7. The molecule has 2 fully saturated rings. The summed E-state index contributed by atoms with van der Waals surface area (Å²) in [5, 5.41) is 0. The van der Waals surface area contributed by atoms with Gasteiger partial charge in [0.25, 0.3) is 0 Å². The number of benzene rings is 3. The minimum absolute atomic E-state index is 0. The molecule has 5 atom stereocenters. The Labute approximate surface area is 375 Å². The van der Waals surface area contributed by atoms with E-state index in [0.717, 1.165) is 0 Å². The third-order valence-corrected chi connectivity index (χ3v) is 13.9. The van der Waals surface area contributed by atoms with Crippen LogP contribution in [-0.2, 0) is 26.3 Å². The molecule has 0 aromatic heterocycles. The Kier molecular flexibility index (Phi) is 18.3. The van der Waals surface area contributed by atoms with E-state index in [0.29, 0.717) is 35.5 Å². The third-order valence-electron chi connectivity index (χ3n) is 13.9. The van der Waals surface area contributed by atoms with Crippen molar-refractivity contribution >= 4 is 28.2 Å². The van der Waals surface area contributed by atoms with Crippen molar-refractivity contribution in [1.82, 2.24) is 0 Å². The normalized spacial score (nSPS) is 23.8. The van der Waals surface area contributed by atoms with Crippen LogP contribution in [0.15, 0.2) is 126 Å². The summed E-state index contributed by atoms with van der Waals surface area (Å²) in [4.78, 5) is 0. The van der Waals surface area contributed by atoms with Crippen LogP contribution in [0.5, 0.6) is 0 Å². The molecule has 0 bridgehead atoms. The Morgan fingerprint density at radius 1 is 0.534 bits per heavy atom. The first-order chi connectivity index (χ1) is 27.0. The number of rotatable bonds is 12. The molecule has 312 valence electrons. The molecule has 58 heavy (non-hydrogen) atoms. The number of fused-ring (bicyclic) bond motifs is 3. The summed E-state index contributed by atoms with van der Waals surface area (Å²) in [5.41, 5.74) is 10.7. The second-order valence-corrected chi connectivity index (χ2v) is 23.1. The topological polar surface area (TPSA) is 0 Å². The molecule has 0 N–H and O–H groups in total.